The van der Waals surface area contributed by atoms with Crippen molar-refractivity contribution >= 4 is 11.1 Å². The molecule has 0 fully saturated rings. The van der Waals surface area contributed by atoms with Crippen LogP contribution in [-0.4, -0.2) is 4.98 Å². The number of hydrogen-bond donors (Lipinski definition) is 0. The molecule has 0 atom stereocenters. The Labute approximate surface area is 220 Å². The lowest BCUT2D eigenvalue weighted by Crippen LogP contribution is -2.15. The van der Waals surface area contributed by atoms with Gasteiger partial charge in [-0.3, -0.25) is 0 Å². The second-order valence-corrected chi connectivity index (χ2v) is 10.4. The lowest BCUT2D eigenvalue weighted by molar-refractivity contribution is 0.359. The highest BCUT2D eigenvalue weighted by Crippen LogP contribution is 2.55. The molecule has 0 unspecified atom stereocenters. The van der Waals surface area contributed by atoms with E-state index < -0.39 is 0 Å². The van der Waals surface area contributed by atoms with Crippen LogP contribution in [0.4, 0.5) is 0 Å². The maximum absolute atomic E-state index is 6.48. The molecule has 4 nitrogen and oxygen atoms in total. The van der Waals surface area contributed by atoms with Gasteiger partial charge in [-0.2, -0.15) is 0 Å². The van der Waals surface area contributed by atoms with Crippen LogP contribution in [0.1, 0.15) is 25.0 Å². The molecule has 182 valence electrons. The molecule has 1 aliphatic carbocycles. The lowest BCUT2D eigenvalue weighted by atomic mass is 9.82. The van der Waals surface area contributed by atoms with Crippen LogP contribution in [0.3, 0.4) is 0 Å². The standard InChI is InChI=1S/C34H23NO3/c1-34(2)25-12-6-5-10-22(25)24-18-31-32(19-26(24)34)36-29-16-15-20(17-30(29)37-31)21-9-3-4-11-23(21)33-35-27-13-7-8-14-28(27)38-33/h3-19H,1-2H3. The summed E-state index contributed by atoms with van der Waals surface area (Å²) in [5.74, 6) is 3.46. The Morgan fingerprint density at radius 2 is 1.24 bits per heavy atom. The van der Waals surface area contributed by atoms with Gasteiger partial charge in [0.1, 0.15) is 5.52 Å². The largest absolute Gasteiger partial charge is 0.450 e. The van der Waals surface area contributed by atoms with Gasteiger partial charge in [0, 0.05) is 11.0 Å². The third-order valence-electron chi connectivity index (χ3n) is 7.79. The summed E-state index contributed by atoms with van der Waals surface area (Å²) in [4.78, 5) is 4.73. The van der Waals surface area contributed by atoms with E-state index in [1.165, 1.54) is 22.3 Å². The average Bonchev–Trinajstić information content (AvgIpc) is 3.48. The minimum atomic E-state index is -0.0944. The molecule has 4 heteroatoms. The molecule has 1 aliphatic heterocycles. The summed E-state index contributed by atoms with van der Waals surface area (Å²) in [6.07, 6.45) is 0. The Kier molecular flexibility index (Phi) is 4.25. The molecular formula is C34H23NO3. The number of rotatable bonds is 2. The van der Waals surface area contributed by atoms with Gasteiger partial charge in [-0.15, -0.1) is 0 Å². The molecule has 5 aromatic carbocycles. The number of nitrogens with zero attached hydrogens (tertiary/aromatic N) is 1. The van der Waals surface area contributed by atoms with Crippen molar-refractivity contribution in [1.82, 2.24) is 4.98 Å². The van der Waals surface area contributed by atoms with E-state index in [9.17, 15) is 0 Å². The van der Waals surface area contributed by atoms with Gasteiger partial charge in [-0.1, -0.05) is 74.5 Å². The summed E-state index contributed by atoms with van der Waals surface area (Å²) in [7, 11) is 0. The summed E-state index contributed by atoms with van der Waals surface area (Å²) >= 11 is 0. The van der Waals surface area contributed by atoms with Crippen LogP contribution in [0.5, 0.6) is 23.0 Å². The molecular weight excluding hydrogens is 470 g/mol. The molecule has 0 N–H and O–H groups in total. The first-order chi connectivity index (χ1) is 18.6. The fraction of sp³-hybridized carbons (Fsp3) is 0.0882. The normalized spacial score (nSPS) is 14.2. The van der Waals surface area contributed by atoms with Crippen molar-refractivity contribution in [3.05, 3.63) is 114 Å². The molecule has 1 aromatic heterocycles. The zero-order valence-electron chi connectivity index (χ0n) is 21.0. The zero-order valence-corrected chi connectivity index (χ0v) is 21.0. The predicted octanol–water partition coefficient (Wildman–Crippen LogP) is 9.37. The quantitative estimate of drug-likeness (QED) is 0.241. The molecule has 0 saturated heterocycles. The van der Waals surface area contributed by atoms with Gasteiger partial charge in [0.05, 0.1) is 0 Å². The van der Waals surface area contributed by atoms with E-state index in [1.807, 2.05) is 54.6 Å². The lowest BCUT2D eigenvalue weighted by Gasteiger charge is -2.25. The van der Waals surface area contributed by atoms with E-state index in [2.05, 4.69) is 62.4 Å². The summed E-state index contributed by atoms with van der Waals surface area (Å²) < 4.78 is 19.0. The zero-order chi connectivity index (χ0) is 25.4. The molecule has 0 bridgehead atoms. The van der Waals surface area contributed by atoms with Crippen molar-refractivity contribution in [2.75, 3.05) is 0 Å². The van der Waals surface area contributed by atoms with E-state index >= 15 is 0 Å². The van der Waals surface area contributed by atoms with Gasteiger partial charge in [0.25, 0.3) is 0 Å². The number of fused-ring (bicyclic) bond motifs is 6. The Morgan fingerprint density at radius 1 is 0.553 bits per heavy atom. The third-order valence-corrected chi connectivity index (χ3v) is 7.79. The van der Waals surface area contributed by atoms with Crippen LogP contribution >= 0.6 is 0 Å². The van der Waals surface area contributed by atoms with Gasteiger partial charge < -0.3 is 13.9 Å². The SMILES string of the molecule is CC1(C)c2ccccc2-c2cc3c(cc21)Oc1ccc(-c2ccccc2-c2nc4ccccc4o2)cc1O3. The molecule has 6 aromatic rings. The van der Waals surface area contributed by atoms with Gasteiger partial charge in [0.2, 0.25) is 5.89 Å². The molecule has 0 spiro atoms. The molecule has 0 amide bonds. The smallest absolute Gasteiger partial charge is 0.227 e. The van der Waals surface area contributed by atoms with Gasteiger partial charge in [0.15, 0.2) is 28.6 Å². The maximum atomic E-state index is 6.48. The van der Waals surface area contributed by atoms with Gasteiger partial charge in [-0.05, 0) is 75.8 Å². The molecule has 2 aliphatic rings. The minimum Gasteiger partial charge on any atom is -0.450 e. The van der Waals surface area contributed by atoms with Crippen molar-refractivity contribution in [1.29, 1.82) is 0 Å². The van der Waals surface area contributed by atoms with Crippen molar-refractivity contribution in [3.8, 4) is 56.7 Å². The van der Waals surface area contributed by atoms with Crippen molar-refractivity contribution < 1.29 is 13.9 Å². The van der Waals surface area contributed by atoms with Crippen LogP contribution in [0.25, 0.3) is 44.8 Å². The summed E-state index contributed by atoms with van der Waals surface area (Å²) in [6, 6.07) is 34.9. The highest BCUT2D eigenvalue weighted by Gasteiger charge is 2.37. The van der Waals surface area contributed by atoms with E-state index in [0.29, 0.717) is 17.4 Å². The number of hydrogen-bond acceptors (Lipinski definition) is 4. The molecule has 2 heterocycles. The Morgan fingerprint density at radius 3 is 2.11 bits per heavy atom. The fourth-order valence-corrected chi connectivity index (χ4v) is 5.85. The van der Waals surface area contributed by atoms with Crippen molar-refractivity contribution in [2.24, 2.45) is 0 Å². The number of benzene rings is 5. The monoisotopic (exact) mass is 493 g/mol. The predicted molar refractivity (Wildman–Crippen MR) is 149 cm³/mol. The van der Waals surface area contributed by atoms with Crippen LogP contribution in [0.2, 0.25) is 0 Å². The molecule has 8 rings (SSSR count). The molecule has 0 radical (unpaired) electrons. The van der Waals surface area contributed by atoms with Crippen molar-refractivity contribution in [3.63, 3.8) is 0 Å². The summed E-state index contributed by atoms with van der Waals surface area (Å²) in [6.45, 7) is 4.53. The van der Waals surface area contributed by atoms with E-state index in [4.69, 9.17) is 18.9 Å². The maximum Gasteiger partial charge on any atom is 0.227 e. The van der Waals surface area contributed by atoms with Gasteiger partial charge >= 0.3 is 0 Å². The second-order valence-electron chi connectivity index (χ2n) is 10.4. The molecule has 38 heavy (non-hydrogen) atoms. The topological polar surface area (TPSA) is 44.5 Å². The number of ether oxygens (including phenoxy) is 2. The van der Waals surface area contributed by atoms with Crippen molar-refractivity contribution in [2.45, 2.75) is 19.3 Å². The van der Waals surface area contributed by atoms with Crippen LogP contribution in [0.15, 0.2) is 108 Å². The molecule has 0 saturated carbocycles. The third kappa shape index (κ3) is 3.00. The first-order valence-corrected chi connectivity index (χ1v) is 12.8. The van der Waals surface area contributed by atoms with E-state index in [0.717, 1.165) is 39.3 Å². The highest BCUT2D eigenvalue weighted by atomic mass is 16.6. The highest BCUT2D eigenvalue weighted by molar-refractivity contribution is 5.86. The first kappa shape index (κ1) is 21.3. The Bertz CT molecular complexity index is 1880. The summed E-state index contributed by atoms with van der Waals surface area (Å²) in [5.41, 5.74) is 9.50. The number of aromatic nitrogens is 1. The Hall–Kier alpha value is -4.83. The van der Waals surface area contributed by atoms with Crippen LogP contribution in [-0.2, 0) is 5.41 Å². The number of oxazole rings is 1. The second kappa shape index (κ2) is 7.59. The van der Waals surface area contributed by atoms with Crippen LogP contribution < -0.4 is 9.47 Å². The minimum absolute atomic E-state index is 0.0944. The summed E-state index contributed by atoms with van der Waals surface area (Å²) in [5, 5.41) is 0. The van der Waals surface area contributed by atoms with E-state index in [1.54, 1.807) is 0 Å². The fourth-order valence-electron chi connectivity index (χ4n) is 5.85. The average molecular weight is 494 g/mol. The van der Waals surface area contributed by atoms with Crippen LogP contribution in [0, 0.1) is 0 Å². The van der Waals surface area contributed by atoms with Gasteiger partial charge in [-0.25, -0.2) is 4.98 Å². The van der Waals surface area contributed by atoms with E-state index in [-0.39, 0.29) is 5.41 Å². The Balaban J connectivity index is 1.21. The number of para-hydroxylation sites is 2. The first-order valence-electron chi connectivity index (χ1n) is 12.8.